The highest BCUT2D eigenvalue weighted by atomic mass is 16.3. The maximum Gasteiger partial charge on any atom is 0.245 e. The van der Waals surface area contributed by atoms with Gasteiger partial charge in [0.2, 0.25) is 11.8 Å². The zero-order valence-electron chi connectivity index (χ0n) is 15.6. The van der Waals surface area contributed by atoms with Crippen molar-refractivity contribution in [3.05, 3.63) is 29.8 Å². The van der Waals surface area contributed by atoms with Crippen molar-refractivity contribution < 1.29 is 14.7 Å². The summed E-state index contributed by atoms with van der Waals surface area (Å²) in [5.41, 5.74) is 6.53. The summed E-state index contributed by atoms with van der Waals surface area (Å²) in [6, 6.07) is 5.27. The smallest absolute Gasteiger partial charge is 0.245 e. The quantitative estimate of drug-likeness (QED) is 0.293. The Morgan fingerprint density at radius 3 is 2.59 bits per heavy atom. The van der Waals surface area contributed by atoms with Crippen LogP contribution >= 0.6 is 0 Å². The average Bonchev–Trinajstić information content (AvgIpc) is 2.66. The lowest BCUT2D eigenvalue weighted by atomic mass is 9.95. The van der Waals surface area contributed by atoms with Crippen LogP contribution in [0.1, 0.15) is 44.6 Å². The Morgan fingerprint density at radius 2 is 1.96 bits per heavy atom. The molecule has 27 heavy (non-hydrogen) atoms. The molecule has 1 aliphatic carbocycles. The molecule has 0 aromatic heterocycles. The van der Waals surface area contributed by atoms with Crippen LogP contribution in [-0.2, 0) is 9.59 Å². The van der Waals surface area contributed by atoms with E-state index in [2.05, 4.69) is 16.0 Å². The normalized spacial score (nSPS) is 16.8. The van der Waals surface area contributed by atoms with E-state index in [1.165, 1.54) is 6.42 Å². The minimum Gasteiger partial charge on any atom is -0.394 e. The molecule has 0 saturated heterocycles. The summed E-state index contributed by atoms with van der Waals surface area (Å²) in [5.74, 6) is -0.779. The Labute approximate surface area is 159 Å². The van der Waals surface area contributed by atoms with Crippen LogP contribution in [0.3, 0.4) is 0 Å². The van der Waals surface area contributed by atoms with Crippen LogP contribution in [0.25, 0.3) is 0 Å². The highest BCUT2D eigenvalue weighted by Crippen LogP contribution is 2.17. The first-order valence-electron chi connectivity index (χ1n) is 9.33. The van der Waals surface area contributed by atoms with E-state index in [1.54, 1.807) is 31.2 Å². The zero-order chi connectivity index (χ0) is 19.8. The Morgan fingerprint density at radius 1 is 1.26 bits per heavy atom. The number of nitrogens with one attached hydrogen (secondary N) is 4. The number of amidine groups is 1. The molecule has 2 atom stereocenters. The first-order chi connectivity index (χ1) is 12.9. The number of benzene rings is 1. The largest absolute Gasteiger partial charge is 0.394 e. The van der Waals surface area contributed by atoms with E-state index in [4.69, 9.17) is 11.1 Å². The Balaban J connectivity index is 1.90. The SMILES string of the molecule is CC(NC(=O)C(CO)Nc1cccc(C(=N)N)c1)C(=O)NC1CCCCC1. The number of nitrogens with two attached hydrogens (primary N) is 1. The van der Waals surface area contributed by atoms with Gasteiger partial charge in [-0.15, -0.1) is 0 Å². The first-order valence-corrected chi connectivity index (χ1v) is 9.33. The third-order valence-electron chi connectivity index (χ3n) is 4.72. The molecule has 1 aliphatic rings. The second-order valence-electron chi connectivity index (χ2n) is 6.95. The fourth-order valence-corrected chi connectivity index (χ4v) is 3.12. The number of rotatable bonds is 8. The number of hydrogen-bond donors (Lipinski definition) is 6. The van der Waals surface area contributed by atoms with E-state index >= 15 is 0 Å². The van der Waals surface area contributed by atoms with Crippen LogP contribution < -0.4 is 21.7 Å². The summed E-state index contributed by atoms with van der Waals surface area (Å²) < 4.78 is 0. The Kier molecular flexibility index (Phi) is 7.60. The van der Waals surface area contributed by atoms with E-state index < -0.39 is 24.6 Å². The lowest BCUT2D eigenvalue weighted by molar-refractivity contribution is -0.129. The summed E-state index contributed by atoms with van der Waals surface area (Å²) in [4.78, 5) is 24.7. The van der Waals surface area contributed by atoms with Gasteiger partial charge >= 0.3 is 0 Å². The molecule has 2 amide bonds. The first kappa shape index (κ1) is 20.7. The summed E-state index contributed by atoms with van der Waals surface area (Å²) in [6.45, 7) is 1.19. The van der Waals surface area contributed by atoms with Crippen LogP contribution in [0.2, 0.25) is 0 Å². The van der Waals surface area contributed by atoms with Crippen molar-refractivity contribution in [1.82, 2.24) is 10.6 Å². The van der Waals surface area contributed by atoms with Crippen LogP contribution in [-0.4, -0.2) is 47.5 Å². The molecule has 1 aromatic rings. The third kappa shape index (κ3) is 6.25. The van der Waals surface area contributed by atoms with E-state index in [1.807, 2.05) is 0 Å². The highest BCUT2D eigenvalue weighted by Gasteiger charge is 2.24. The molecular formula is C19H29N5O3. The van der Waals surface area contributed by atoms with Gasteiger partial charge in [0.25, 0.3) is 0 Å². The van der Waals surface area contributed by atoms with Gasteiger partial charge in [0.15, 0.2) is 0 Å². The number of amides is 2. The van der Waals surface area contributed by atoms with Gasteiger partial charge < -0.3 is 26.8 Å². The molecule has 1 saturated carbocycles. The van der Waals surface area contributed by atoms with Crippen LogP contribution in [0.4, 0.5) is 5.69 Å². The van der Waals surface area contributed by atoms with Crippen molar-refractivity contribution in [3.8, 4) is 0 Å². The number of hydrogen-bond acceptors (Lipinski definition) is 5. The maximum atomic E-state index is 12.4. The number of nitrogen functional groups attached to an aromatic ring is 1. The van der Waals surface area contributed by atoms with E-state index in [-0.39, 0.29) is 17.8 Å². The van der Waals surface area contributed by atoms with Crippen LogP contribution in [0.5, 0.6) is 0 Å². The third-order valence-corrected chi connectivity index (χ3v) is 4.72. The number of carbonyl (C=O) groups is 2. The molecule has 7 N–H and O–H groups in total. The molecular weight excluding hydrogens is 346 g/mol. The van der Waals surface area contributed by atoms with Crippen molar-refractivity contribution >= 4 is 23.3 Å². The van der Waals surface area contributed by atoms with Crippen LogP contribution in [0.15, 0.2) is 24.3 Å². The number of aliphatic hydroxyl groups is 1. The topological polar surface area (TPSA) is 140 Å². The predicted octanol–water partition coefficient (Wildman–Crippen LogP) is 0.697. The molecule has 8 heteroatoms. The number of anilines is 1. The van der Waals surface area contributed by atoms with Crippen molar-refractivity contribution in [2.75, 3.05) is 11.9 Å². The second kappa shape index (κ2) is 9.91. The number of aliphatic hydroxyl groups excluding tert-OH is 1. The van der Waals surface area contributed by atoms with Gasteiger partial charge in [0, 0.05) is 17.3 Å². The summed E-state index contributed by atoms with van der Waals surface area (Å²) in [5, 5.41) is 25.5. The van der Waals surface area contributed by atoms with Crippen LogP contribution in [0, 0.1) is 5.41 Å². The van der Waals surface area contributed by atoms with E-state index in [0.29, 0.717) is 11.3 Å². The second-order valence-corrected chi connectivity index (χ2v) is 6.95. The molecule has 0 aliphatic heterocycles. The summed E-state index contributed by atoms with van der Waals surface area (Å²) in [6.07, 6.45) is 5.37. The average molecular weight is 375 g/mol. The minimum absolute atomic E-state index is 0.0864. The standard InChI is InChI=1S/C19H29N5O3/c1-12(18(26)24-14-7-3-2-4-8-14)22-19(27)16(11-25)23-15-9-5-6-13(10-15)17(20)21/h5-6,9-10,12,14,16,23,25H,2-4,7-8,11H2,1H3,(H3,20,21)(H,22,27)(H,24,26). The molecule has 2 unspecified atom stereocenters. The molecule has 0 spiro atoms. The Hall–Kier alpha value is -2.61. The molecule has 0 bridgehead atoms. The number of carbonyl (C=O) groups excluding carboxylic acids is 2. The minimum atomic E-state index is -0.919. The maximum absolute atomic E-state index is 12.4. The van der Waals surface area contributed by atoms with E-state index in [0.717, 1.165) is 25.7 Å². The van der Waals surface area contributed by atoms with Gasteiger partial charge in [-0.2, -0.15) is 0 Å². The predicted molar refractivity (Wildman–Crippen MR) is 105 cm³/mol. The molecule has 8 nitrogen and oxygen atoms in total. The van der Waals surface area contributed by atoms with E-state index in [9.17, 15) is 14.7 Å². The van der Waals surface area contributed by atoms with Crippen molar-refractivity contribution in [2.24, 2.45) is 5.73 Å². The lowest BCUT2D eigenvalue weighted by Crippen LogP contribution is -2.52. The van der Waals surface area contributed by atoms with Gasteiger partial charge in [0.05, 0.1) is 6.61 Å². The Bertz CT molecular complexity index is 673. The highest BCUT2D eigenvalue weighted by molar-refractivity contribution is 5.96. The molecule has 2 rings (SSSR count). The van der Waals surface area contributed by atoms with Gasteiger partial charge in [-0.3, -0.25) is 15.0 Å². The van der Waals surface area contributed by atoms with Gasteiger partial charge in [-0.05, 0) is 31.9 Å². The summed E-state index contributed by atoms with van der Waals surface area (Å²) >= 11 is 0. The monoisotopic (exact) mass is 375 g/mol. The van der Waals surface area contributed by atoms with Crippen molar-refractivity contribution in [2.45, 2.75) is 57.2 Å². The summed E-state index contributed by atoms with van der Waals surface area (Å²) in [7, 11) is 0. The van der Waals surface area contributed by atoms with Crippen molar-refractivity contribution in [3.63, 3.8) is 0 Å². The molecule has 0 radical (unpaired) electrons. The van der Waals surface area contributed by atoms with Crippen molar-refractivity contribution in [1.29, 1.82) is 5.41 Å². The lowest BCUT2D eigenvalue weighted by Gasteiger charge is -2.25. The zero-order valence-corrected chi connectivity index (χ0v) is 15.6. The molecule has 0 heterocycles. The fraction of sp³-hybridized carbons (Fsp3) is 0.526. The molecule has 1 fully saturated rings. The molecule has 1 aromatic carbocycles. The fourth-order valence-electron chi connectivity index (χ4n) is 3.12. The molecule has 148 valence electrons. The van der Waals surface area contributed by atoms with Gasteiger partial charge in [0.1, 0.15) is 17.9 Å². The van der Waals surface area contributed by atoms with Gasteiger partial charge in [-0.25, -0.2) is 0 Å². The van der Waals surface area contributed by atoms with Gasteiger partial charge in [-0.1, -0.05) is 31.4 Å².